The Morgan fingerprint density at radius 1 is 1.14 bits per heavy atom. The summed E-state index contributed by atoms with van der Waals surface area (Å²) in [5.74, 6) is 1.56. The zero-order chi connectivity index (χ0) is 25.5. The van der Waals surface area contributed by atoms with Gasteiger partial charge in [-0.2, -0.15) is 0 Å². The molecule has 3 rings (SSSR count). The highest BCUT2D eigenvalue weighted by Gasteiger charge is 2.33. The number of thiophene rings is 1. The van der Waals surface area contributed by atoms with Crippen LogP contribution in [0.1, 0.15) is 75.9 Å². The maximum absolute atomic E-state index is 13.6. The molecular formula is C28H41N3O3S. The summed E-state index contributed by atoms with van der Waals surface area (Å²) in [6.45, 7) is 14.1. The van der Waals surface area contributed by atoms with Crippen molar-refractivity contribution >= 4 is 23.3 Å². The van der Waals surface area contributed by atoms with E-state index in [-0.39, 0.29) is 30.6 Å². The first kappa shape index (κ1) is 27.1. The molecule has 2 heterocycles. The highest BCUT2D eigenvalue weighted by Crippen LogP contribution is 2.34. The maximum Gasteiger partial charge on any atom is 0.318 e. The van der Waals surface area contributed by atoms with Gasteiger partial charge in [0, 0.05) is 24.0 Å². The number of benzene rings is 1. The van der Waals surface area contributed by atoms with Crippen LogP contribution in [0, 0.1) is 5.92 Å². The number of hydrogen-bond acceptors (Lipinski definition) is 4. The molecule has 7 heteroatoms. The van der Waals surface area contributed by atoms with Gasteiger partial charge < -0.3 is 19.9 Å². The lowest BCUT2D eigenvalue weighted by atomic mass is 10.00. The Hall–Kier alpha value is -2.54. The van der Waals surface area contributed by atoms with E-state index in [4.69, 9.17) is 4.74 Å². The van der Waals surface area contributed by atoms with E-state index < -0.39 is 0 Å². The molecule has 0 bridgehead atoms. The number of carbonyl (C=O) groups is 2. The molecule has 192 valence electrons. The number of nitrogens with zero attached hydrogens (tertiary/aromatic N) is 2. The Bertz CT molecular complexity index is 970. The molecule has 1 aromatic carbocycles. The van der Waals surface area contributed by atoms with Gasteiger partial charge in [0.15, 0.2) is 0 Å². The minimum Gasteiger partial charge on any atom is -0.491 e. The summed E-state index contributed by atoms with van der Waals surface area (Å²) in [4.78, 5) is 31.4. The molecule has 1 aromatic heterocycles. The molecule has 1 N–H and O–H groups in total. The largest absolute Gasteiger partial charge is 0.491 e. The molecule has 1 aliphatic heterocycles. The molecule has 2 atom stereocenters. The van der Waals surface area contributed by atoms with Gasteiger partial charge in [-0.3, -0.25) is 4.79 Å². The minimum absolute atomic E-state index is 0.0172. The summed E-state index contributed by atoms with van der Waals surface area (Å²) < 4.78 is 6.19. The third-order valence-electron chi connectivity index (χ3n) is 6.62. The van der Waals surface area contributed by atoms with Crippen molar-refractivity contribution in [3.05, 3.63) is 51.7 Å². The molecule has 0 radical (unpaired) electrons. The fraction of sp³-hybridized carbons (Fsp3) is 0.571. The van der Waals surface area contributed by atoms with Crippen LogP contribution in [0.15, 0.2) is 35.7 Å². The molecule has 35 heavy (non-hydrogen) atoms. The second kappa shape index (κ2) is 12.4. The van der Waals surface area contributed by atoms with Crippen molar-refractivity contribution in [3.63, 3.8) is 0 Å². The SMILES string of the molecule is CC[C@@H](C)CN(CC(=O)N1CCc2sccc2[C@H]1COc1ccc(C(C)C)cc1)C(=O)NC(C)C. The Morgan fingerprint density at radius 3 is 2.49 bits per heavy atom. The van der Waals surface area contributed by atoms with Gasteiger partial charge in [-0.15, -0.1) is 11.3 Å². The highest BCUT2D eigenvalue weighted by atomic mass is 32.1. The number of nitrogens with one attached hydrogen (secondary N) is 1. The summed E-state index contributed by atoms with van der Waals surface area (Å²) >= 11 is 1.74. The second-order valence-corrected chi connectivity index (χ2v) is 11.2. The molecule has 2 aromatic rings. The van der Waals surface area contributed by atoms with Crippen molar-refractivity contribution in [3.8, 4) is 5.75 Å². The van der Waals surface area contributed by atoms with Crippen LogP contribution in [-0.4, -0.2) is 54.0 Å². The first-order valence-electron chi connectivity index (χ1n) is 12.8. The third kappa shape index (κ3) is 7.23. The number of carbonyl (C=O) groups excluding carboxylic acids is 2. The zero-order valence-corrected chi connectivity index (χ0v) is 22.9. The summed E-state index contributed by atoms with van der Waals surface area (Å²) in [6.07, 6.45) is 1.79. The normalized spacial score (nSPS) is 16.2. The van der Waals surface area contributed by atoms with E-state index >= 15 is 0 Å². The predicted molar refractivity (Wildman–Crippen MR) is 143 cm³/mol. The van der Waals surface area contributed by atoms with Gasteiger partial charge >= 0.3 is 6.03 Å². The number of rotatable bonds is 10. The van der Waals surface area contributed by atoms with Crippen molar-refractivity contribution in [2.24, 2.45) is 5.92 Å². The van der Waals surface area contributed by atoms with Gasteiger partial charge in [-0.05, 0) is 66.8 Å². The summed E-state index contributed by atoms with van der Waals surface area (Å²) in [6, 6.07) is 9.98. The lowest BCUT2D eigenvalue weighted by molar-refractivity contribution is -0.135. The van der Waals surface area contributed by atoms with Crippen molar-refractivity contribution in [1.82, 2.24) is 15.1 Å². The van der Waals surface area contributed by atoms with Crippen LogP contribution in [-0.2, 0) is 11.2 Å². The lowest BCUT2D eigenvalue weighted by Crippen LogP contribution is -2.51. The van der Waals surface area contributed by atoms with Crippen molar-refractivity contribution < 1.29 is 14.3 Å². The van der Waals surface area contributed by atoms with Gasteiger partial charge in [0.1, 0.15) is 18.9 Å². The van der Waals surface area contributed by atoms with Crippen molar-refractivity contribution in [1.29, 1.82) is 0 Å². The summed E-state index contributed by atoms with van der Waals surface area (Å²) in [5, 5.41) is 5.05. The van der Waals surface area contributed by atoms with E-state index in [1.807, 2.05) is 30.9 Å². The predicted octanol–water partition coefficient (Wildman–Crippen LogP) is 5.84. The Morgan fingerprint density at radius 2 is 1.86 bits per heavy atom. The fourth-order valence-electron chi connectivity index (χ4n) is 4.32. The molecule has 6 nitrogen and oxygen atoms in total. The lowest BCUT2D eigenvalue weighted by Gasteiger charge is -2.37. The van der Waals surface area contributed by atoms with Gasteiger partial charge in [-0.25, -0.2) is 4.79 Å². The average Bonchev–Trinajstić information content (AvgIpc) is 3.30. The number of amides is 3. The van der Waals surface area contributed by atoms with Gasteiger partial charge in [0.2, 0.25) is 5.91 Å². The van der Waals surface area contributed by atoms with Crippen LogP contribution in [0.25, 0.3) is 0 Å². The van der Waals surface area contributed by atoms with E-state index in [0.717, 1.165) is 24.2 Å². The fourth-order valence-corrected chi connectivity index (χ4v) is 5.24. The van der Waals surface area contributed by atoms with Gasteiger partial charge in [0.25, 0.3) is 0 Å². The maximum atomic E-state index is 13.6. The molecule has 0 saturated carbocycles. The van der Waals surface area contributed by atoms with Crippen LogP contribution >= 0.6 is 11.3 Å². The second-order valence-electron chi connectivity index (χ2n) is 10.2. The highest BCUT2D eigenvalue weighted by molar-refractivity contribution is 7.10. The molecule has 1 aliphatic rings. The van der Waals surface area contributed by atoms with E-state index in [2.05, 4.69) is 56.6 Å². The smallest absolute Gasteiger partial charge is 0.318 e. The number of ether oxygens (including phenoxy) is 1. The van der Waals surface area contributed by atoms with Crippen LogP contribution in [0.4, 0.5) is 4.79 Å². The molecule has 3 amide bonds. The van der Waals surface area contributed by atoms with Crippen LogP contribution in [0.3, 0.4) is 0 Å². The molecule has 0 unspecified atom stereocenters. The van der Waals surface area contributed by atoms with Crippen LogP contribution in [0.2, 0.25) is 0 Å². The van der Waals surface area contributed by atoms with Gasteiger partial charge in [-0.1, -0.05) is 46.2 Å². The van der Waals surface area contributed by atoms with Crippen molar-refractivity contribution in [2.75, 3.05) is 26.2 Å². The quantitative estimate of drug-likeness (QED) is 0.447. The molecular weight excluding hydrogens is 458 g/mol. The first-order valence-corrected chi connectivity index (χ1v) is 13.7. The molecule has 0 fully saturated rings. The van der Waals surface area contributed by atoms with Crippen LogP contribution in [0.5, 0.6) is 5.75 Å². The first-order chi connectivity index (χ1) is 16.7. The summed E-state index contributed by atoms with van der Waals surface area (Å²) in [5.41, 5.74) is 2.43. The molecule has 0 spiro atoms. The topological polar surface area (TPSA) is 61.9 Å². The Balaban J connectivity index is 1.75. The number of fused-ring (bicyclic) bond motifs is 1. The minimum atomic E-state index is -0.181. The van der Waals surface area contributed by atoms with Crippen molar-refractivity contribution in [2.45, 2.75) is 72.4 Å². The van der Waals surface area contributed by atoms with E-state index in [1.165, 1.54) is 10.4 Å². The van der Waals surface area contributed by atoms with E-state index in [1.54, 1.807) is 16.2 Å². The van der Waals surface area contributed by atoms with Gasteiger partial charge in [0.05, 0.1) is 6.04 Å². The Kier molecular flexibility index (Phi) is 9.61. The van der Waals surface area contributed by atoms with Crippen LogP contribution < -0.4 is 10.1 Å². The zero-order valence-electron chi connectivity index (χ0n) is 22.0. The third-order valence-corrected chi connectivity index (χ3v) is 7.62. The standard InChI is InChI=1S/C28H41N3O3S/c1-7-21(6)16-30(28(33)29-20(4)5)17-27(32)31-14-12-26-24(13-15-35-26)25(31)18-34-23-10-8-22(9-11-23)19(2)3/h8-11,13,15,19-21,25H,7,12,14,16-18H2,1-6H3,(H,29,33)/t21-,25-/m1/s1. The molecule has 0 aliphatic carbocycles. The number of hydrogen-bond donors (Lipinski definition) is 1. The van der Waals surface area contributed by atoms with E-state index in [9.17, 15) is 9.59 Å². The average molecular weight is 500 g/mol. The monoisotopic (exact) mass is 499 g/mol. The molecule has 0 saturated heterocycles. The van der Waals surface area contributed by atoms with E-state index in [0.29, 0.717) is 31.5 Å². The number of urea groups is 1. The Labute approximate surface area is 214 Å². The summed E-state index contributed by atoms with van der Waals surface area (Å²) in [7, 11) is 0.